The molecule has 1 amide bonds. The molecule has 1 N–H and O–H groups in total. The first-order valence-corrected chi connectivity index (χ1v) is 9.85. The van der Waals surface area contributed by atoms with Gasteiger partial charge in [-0.1, -0.05) is 40.2 Å². The molecule has 3 aromatic rings. The molecule has 0 aliphatic heterocycles. The topological polar surface area (TPSA) is 55.4 Å². The van der Waals surface area contributed by atoms with Gasteiger partial charge in [0.05, 0.1) is 7.11 Å². The van der Waals surface area contributed by atoms with Crippen LogP contribution in [0, 0.1) is 5.82 Å². The monoisotopic (exact) mass is 459 g/mol. The lowest BCUT2D eigenvalue weighted by Gasteiger charge is -2.06. The summed E-state index contributed by atoms with van der Waals surface area (Å²) in [5, 5.41) is 4.82. The van der Waals surface area contributed by atoms with Crippen molar-refractivity contribution in [3.8, 4) is 11.1 Å². The molecule has 2 aromatic carbocycles. The third kappa shape index (κ3) is 4.74. The predicted molar refractivity (Wildman–Crippen MR) is 113 cm³/mol. The Morgan fingerprint density at radius 3 is 2.43 bits per heavy atom. The highest BCUT2D eigenvalue weighted by molar-refractivity contribution is 9.10. The van der Waals surface area contributed by atoms with Gasteiger partial charge in [0.1, 0.15) is 16.4 Å². The van der Waals surface area contributed by atoms with Gasteiger partial charge in [-0.25, -0.2) is 9.18 Å². The van der Waals surface area contributed by atoms with Crippen LogP contribution in [0.4, 0.5) is 9.39 Å². The van der Waals surface area contributed by atoms with Crippen LogP contribution in [0.25, 0.3) is 17.2 Å². The van der Waals surface area contributed by atoms with E-state index in [1.54, 1.807) is 23.6 Å². The van der Waals surface area contributed by atoms with E-state index < -0.39 is 5.97 Å². The lowest BCUT2D eigenvalue weighted by atomic mass is 10.0. The SMILES string of the molecule is COC(=O)c1c(-c2ccc(F)cc2)csc1NC(=O)/C=C/c1ccc(Br)cc1. The van der Waals surface area contributed by atoms with E-state index in [1.165, 1.54) is 36.7 Å². The summed E-state index contributed by atoms with van der Waals surface area (Å²) in [4.78, 5) is 24.6. The molecule has 0 radical (unpaired) electrons. The van der Waals surface area contributed by atoms with Crippen LogP contribution in [0.1, 0.15) is 15.9 Å². The number of esters is 1. The van der Waals surface area contributed by atoms with Crippen molar-refractivity contribution in [3.05, 3.63) is 81.4 Å². The molecule has 0 spiro atoms. The highest BCUT2D eigenvalue weighted by atomic mass is 79.9. The number of nitrogens with one attached hydrogen (secondary N) is 1. The second-order valence-corrected chi connectivity index (χ2v) is 7.52. The summed E-state index contributed by atoms with van der Waals surface area (Å²) in [5.74, 6) is -1.32. The lowest BCUT2D eigenvalue weighted by molar-refractivity contribution is -0.111. The van der Waals surface area contributed by atoms with Crippen LogP contribution in [0.3, 0.4) is 0 Å². The van der Waals surface area contributed by atoms with Gasteiger partial charge in [-0.15, -0.1) is 11.3 Å². The molecule has 142 valence electrons. The maximum atomic E-state index is 13.2. The zero-order chi connectivity index (χ0) is 20.1. The van der Waals surface area contributed by atoms with Crippen molar-refractivity contribution in [2.75, 3.05) is 12.4 Å². The molecule has 0 aliphatic carbocycles. The Balaban J connectivity index is 1.85. The van der Waals surface area contributed by atoms with E-state index >= 15 is 0 Å². The highest BCUT2D eigenvalue weighted by Gasteiger charge is 2.21. The predicted octanol–water partition coefficient (Wildman–Crippen LogP) is 5.76. The first kappa shape index (κ1) is 20.0. The molecule has 0 fully saturated rings. The van der Waals surface area contributed by atoms with Crippen LogP contribution in [0.15, 0.2) is 64.5 Å². The molecule has 0 aliphatic rings. The van der Waals surface area contributed by atoms with Crippen molar-refractivity contribution >= 4 is 50.2 Å². The quantitative estimate of drug-likeness (QED) is 0.390. The first-order chi connectivity index (χ1) is 13.5. The normalized spacial score (nSPS) is 10.8. The van der Waals surface area contributed by atoms with Gasteiger partial charge in [0, 0.05) is 21.5 Å². The van der Waals surface area contributed by atoms with Gasteiger partial charge >= 0.3 is 5.97 Å². The van der Waals surface area contributed by atoms with E-state index in [2.05, 4.69) is 21.2 Å². The minimum atomic E-state index is -0.576. The number of carbonyl (C=O) groups excluding carboxylic acids is 2. The van der Waals surface area contributed by atoms with E-state index in [-0.39, 0.29) is 17.3 Å². The van der Waals surface area contributed by atoms with Crippen LogP contribution >= 0.6 is 27.3 Å². The number of carbonyl (C=O) groups is 2. The van der Waals surface area contributed by atoms with Gasteiger partial charge in [-0.05, 0) is 41.5 Å². The third-order valence-electron chi connectivity index (χ3n) is 3.87. The fraction of sp³-hybridized carbons (Fsp3) is 0.0476. The zero-order valence-corrected chi connectivity index (χ0v) is 17.1. The maximum absolute atomic E-state index is 13.2. The van der Waals surface area contributed by atoms with Crippen LogP contribution in [0.5, 0.6) is 0 Å². The van der Waals surface area contributed by atoms with Crippen molar-refractivity contribution < 1.29 is 18.7 Å². The zero-order valence-electron chi connectivity index (χ0n) is 14.7. The van der Waals surface area contributed by atoms with E-state index in [1.807, 2.05) is 24.3 Å². The standard InChI is InChI=1S/C21H15BrFNO3S/c1-27-21(26)19-17(14-5-9-16(23)10-6-14)12-28-20(19)24-18(25)11-4-13-2-7-15(22)8-3-13/h2-12H,1H3,(H,24,25)/b11-4+. The fourth-order valence-corrected chi connectivity index (χ4v) is 3.72. The summed E-state index contributed by atoms with van der Waals surface area (Å²) in [6, 6.07) is 13.3. The molecule has 7 heteroatoms. The van der Waals surface area contributed by atoms with E-state index in [0.29, 0.717) is 16.1 Å². The summed E-state index contributed by atoms with van der Waals surface area (Å²) >= 11 is 4.56. The van der Waals surface area contributed by atoms with Crippen LogP contribution in [-0.2, 0) is 9.53 Å². The van der Waals surface area contributed by atoms with Crippen molar-refractivity contribution in [2.45, 2.75) is 0 Å². The Morgan fingerprint density at radius 1 is 1.11 bits per heavy atom. The number of hydrogen-bond donors (Lipinski definition) is 1. The van der Waals surface area contributed by atoms with Crippen LogP contribution < -0.4 is 5.32 Å². The van der Waals surface area contributed by atoms with Crippen molar-refractivity contribution in [3.63, 3.8) is 0 Å². The Morgan fingerprint density at radius 2 is 1.79 bits per heavy atom. The Kier molecular flexibility index (Phi) is 6.38. The summed E-state index contributed by atoms with van der Waals surface area (Å²) in [7, 11) is 1.27. The Hall–Kier alpha value is -2.77. The lowest BCUT2D eigenvalue weighted by Crippen LogP contribution is -2.11. The van der Waals surface area contributed by atoms with E-state index in [4.69, 9.17) is 4.74 Å². The van der Waals surface area contributed by atoms with Crippen molar-refractivity contribution in [1.82, 2.24) is 0 Å². The molecule has 1 heterocycles. The molecule has 0 saturated heterocycles. The number of rotatable bonds is 5. The van der Waals surface area contributed by atoms with Gasteiger partial charge < -0.3 is 10.1 Å². The van der Waals surface area contributed by atoms with Gasteiger partial charge in [0.15, 0.2) is 0 Å². The second kappa shape index (κ2) is 8.95. The van der Waals surface area contributed by atoms with Gasteiger partial charge in [0.25, 0.3) is 0 Å². The first-order valence-electron chi connectivity index (χ1n) is 8.18. The van der Waals surface area contributed by atoms with Gasteiger partial charge in [-0.2, -0.15) is 0 Å². The van der Waals surface area contributed by atoms with Gasteiger partial charge in [0.2, 0.25) is 5.91 Å². The average molecular weight is 460 g/mol. The van der Waals surface area contributed by atoms with Crippen molar-refractivity contribution in [1.29, 1.82) is 0 Å². The highest BCUT2D eigenvalue weighted by Crippen LogP contribution is 2.36. The second-order valence-electron chi connectivity index (χ2n) is 5.73. The third-order valence-corrected chi connectivity index (χ3v) is 5.29. The Bertz CT molecular complexity index is 1030. The maximum Gasteiger partial charge on any atom is 0.341 e. The smallest absolute Gasteiger partial charge is 0.341 e. The largest absolute Gasteiger partial charge is 0.465 e. The number of halogens is 2. The number of benzene rings is 2. The number of thiophene rings is 1. The minimum Gasteiger partial charge on any atom is -0.465 e. The molecule has 3 rings (SSSR count). The molecular formula is C21H15BrFNO3S. The average Bonchev–Trinajstić information content (AvgIpc) is 3.11. The summed E-state index contributed by atoms with van der Waals surface area (Å²) in [5.41, 5.74) is 2.34. The van der Waals surface area contributed by atoms with E-state index in [0.717, 1.165) is 10.0 Å². The molecule has 0 unspecified atom stereocenters. The number of methoxy groups -OCH3 is 1. The number of ether oxygens (including phenoxy) is 1. The molecule has 0 bridgehead atoms. The molecule has 28 heavy (non-hydrogen) atoms. The number of amides is 1. The van der Waals surface area contributed by atoms with Crippen LogP contribution in [0.2, 0.25) is 0 Å². The Labute approximate surface area is 173 Å². The summed E-state index contributed by atoms with van der Waals surface area (Å²) < 4.78 is 19.0. The van der Waals surface area contributed by atoms with Crippen LogP contribution in [-0.4, -0.2) is 19.0 Å². The molecule has 1 aromatic heterocycles. The molecular weight excluding hydrogens is 445 g/mol. The number of anilines is 1. The van der Waals surface area contributed by atoms with E-state index in [9.17, 15) is 14.0 Å². The fourth-order valence-electron chi connectivity index (χ4n) is 2.50. The van der Waals surface area contributed by atoms with Gasteiger partial charge in [-0.3, -0.25) is 4.79 Å². The molecule has 4 nitrogen and oxygen atoms in total. The summed E-state index contributed by atoms with van der Waals surface area (Å²) in [6.07, 6.45) is 3.07. The molecule has 0 saturated carbocycles. The number of hydrogen-bond acceptors (Lipinski definition) is 4. The molecule has 0 atom stereocenters. The van der Waals surface area contributed by atoms with Crippen molar-refractivity contribution in [2.24, 2.45) is 0 Å². The summed E-state index contributed by atoms with van der Waals surface area (Å²) in [6.45, 7) is 0. The minimum absolute atomic E-state index is 0.240.